The summed E-state index contributed by atoms with van der Waals surface area (Å²) in [5, 5.41) is 0. The number of anilines is 1. The third kappa shape index (κ3) is 3.93. The molecular weight excluding hydrogens is 401 g/mol. The monoisotopic (exact) mass is 415 g/mol. The Morgan fingerprint density at radius 1 is 1.21 bits per heavy atom. The molecule has 0 fully saturated rings. The van der Waals surface area contributed by atoms with Crippen molar-refractivity contribution in [1.29, 1.82) is 0 Å². The lowest BCUT2D eigenvalue weighted by molar-refractivity contribution is -0.138. The fourth-order valence-electron chi connectivity index (χ4n) is 2.01. The number of carbonyl (C=O) groups is 1. The van der Waals surface area contributed by atoms with Gasteiger partial charge in [0.1, 0.15) is 12.4 Å². The Morgan fingerprint density at radius 2 is 1.83 bits per heavy atom. The summed E-state index contributed by atoms with van der Waals surface area (Å²) in [5.41, 5.74) is 1.11. The zero-order valence-corrected chi connectivity index (χ0v) is 15.4. The van der Waals surface area contributed by atoms with Gasteiger partial charge >= 0.3 is 5.97 Å². The average Bonchev–Trinajstić information content (AvgIpc) is 2.55. The Morgan fingerprint density at radius 3 is 2.38 bits per heavy atom. The second-order valence-electron chi connectivity index (χ2n) is 4.98. The molecule has 5 nitrogen and oxygen atoms in total. The van der Waals surface area contributed by atoms with Crippen LogP contribution in [0, 0.1) is 12.7 Å². The molecular formula is C16H15BrFNO4S. The topological polar surface area (TPSA) is 63.7 Å². The van der Waals surface area contributed by atoms with E-state index in [-0.39, 0.29) is 4.90 Å². The second kappa shape index (κ2) is 7.31. The van der Waals surface area contributed by atoms with Crippen LogP contribution >= 0.6 is 15.9 Å². The number of esters is 1. The van der Waals surface area contributed by atoms with Crippen LogP contribution < -0.4 is 4.31 Å². The number of sulfonamides is 1. The zero-order chi connectivity index (χ0) is 17.9. The van der Waals surface area contributed by atoms with E-state index in [9.17, 15) is 17.6 Å². The number of ether oxygens (including phenoxy) is 1. The molecule has 2 aromatic rings. The molecule has 0 N–H and O–H groups in total. The largest absolute Gasteiger partial charge is 0.468 e. The van der Waals surface area contributed by atoms with Crippen LogP contribution in [-0.4, -0.2) is 28.0 Å². The molecule has 24 heavy (non-hydrogen) atoms. The van der Waals surface area contributed by atoms with Gasteiger partial charge in [-0.3, -0.25) is 9.10 Å². The lowest BCUT2D eigenvalue weighted by Gasteiger charge is -2.24. The molecule has 0 aromatic heterocycles. The highest BCUT2D eigenvalue weighted by molar-refractivity contribution is 9.10. The first-order chi connectivity index (χ1) is 11.3. The molecule has 0 atom stereocenters. The zero-order valence-electron chi connectivity index (χ0n) is 13.0. The molecule has 0 aliphatic rings. The summed E-state index contributed by atoms with van der Waals surface area (Å²) < 4.78 is 45.2. The van der Waals surface area contributed by atoms with Crippen LogP contribution in [0.3, 0.4) is 0 Å². The predicted octanol–water partition coefficient (Wildman–Crippen LogP) is 3.26. The Hall–Kier alpha value is -1.93. The molecule has 2 aromatic carbocycles. The van der Waals surface area contributed by atoms with Gasteiger partial charge in [-0.15, -0.1) is 0 Å². The number of hydrogen-bond acceptors (Lipinski definition) is 4. The summed E-state index contributed by atoms with van der Waals surface area (Å²) in [7, 11) is -2.88. The Kier molecular flexibility index (Phi) is 5.61. The molecule has 0 saturated carbocycles. The molecule has 8 heteroatoms. The van der Waals surface area contributed by atoms with Crippen LogP contribution in [0.2, 0.25) is 0 Å². The molecule has 0 aliphatic carbocycles. The minimum Gasteiger partial charge on any atom is -0.468 e. The van der Waals surface area contributed by atoms with E-state index in [1.165, 1.54) is 7.11 Å². The molecule has 128 valence electrons. The van der Waals surface area contributed by atoms with Crippen molar-refractivity contribution in [3.63, 3.8) is 0 Å². The number of hydrogen-bond donors (Lipinski definition) is 0. The van der Waals surface area contributed by atoms with Gasteiger partial charge in [-0.05, 0) is 55.0 Å². The SMILES string of the molecule is COC(=O)CN(c1ccc(Br)c(C)c1)S(=O)(=O)c1ccc(F)cc1. The van der Waals surface area contributed by atoms with Gasteiger partial charge in [0.05, 0.1) is 17.7 Å². The van der Waals surface area contributed by atoms with Crippen molar-refractivity contribution in [2.24, 2.45) is 0 Å². The smallest absolute Gasteiger partial charge is 0.326 e. The summed E-state index contributed by atoms with van der Waals surface area (Å²) in [4.78, 5) is 11.6. The van der Waals surface area contributed by atoms with Crippen molar-refractivity contribution in [2.45, 2.75) is 11.8 Å². The van der Waals surface area contributed by atoms with Crippen molar-refractivity contribution < 1.29 is 22.3 Å². The summed E-state index contributed by atoms with van der Waals surface area (Å²) in [6.07, 6.45) is 0. The highest BCUT2D eigenvalue weighted by Gasteiger charge is 2.27. The average molecular weight is 416 g/mol. The Bertz CT molecular complexity index is 853. The maximum atomic E-state index is 13.1. The van der Waals surface area contributed by atoms with E-state index >= 15 is 0 Å². The minimum atomic E-state index is -4.06. The van der Waals surface area contributed by atoms with Crippen molar-refractivity contribution in [2.75, 3.05) is 18.0 Å². The summed E-state index contributed by atoms with van der Waals surface area (Å²) in [6, 6.07) is 9.30. The van der Waals surface area contributed by atoms with E-state index in [0.717, 1.165) is 38.6 Å². The quantitative estimate of drug-likeness (QED) is 0.702. The third-order valence-electron chi connectivity index (χ3n) is 3.33. The van der Waals surface area contributed by atoms with E-state index in [1.54, 1.807) is 25.1 Å². The number of methoxy groups -OCH3 is 1. The van der Waals surface area contributed by atoms with Crippen molar-refractivity contribution in [1.82, 2.24) is 0 Å². The maximum Gasteiger partial charge on any atom is 0.326 e. The standard InChI is InChI=1S/C16H15BrFNO4S/c1-11-9-13(5-8-15(11)17)19(10-16(20)23-2)24(21,22)14-6-3-12(18)4-7-14/h3-9H,10H2,1-2H3. The highest BCUT2D eigenvalue weighted by Crippen LogP contribution is 2.27. The molecule has 0 saturated heterocycles. The summed E-state index contributed by atoms with van der Waals surface area (Å²) in [5.74, 6) is -1.26. The molecule has 0 unspecified atom stereocenters. The number of halogens is 2. The van der Waals surface area contributed by atoms with Gasteiger partial charge in [-0.25, -0.2) is 12.8 Å². The van der Waals surface area contributed by atoms with Gasteiger partial charge in [-0.2, -0.15) is 0 Å². The van der Waals surface area contributed by atoms with Gasteiger partial charge in [0.2, 0.25) is 0 Å². The van der Waals surface area contributed by atoms with E-state index in [4.69, 9.17) is 0 Å². The van der Waals surface area contributed by atoms with Crippen LogP contribution in [-0.2, 0) is 19.6 Å². The predicted molar refractivity (Wildman–Crippen MR) is 91.8 cm³/mol. The van der Waals surface area contributed by atoms with Crippen LogP contribution in [0.5, 0.6) is 0 Å². The fourth-order valence-corrected chi connectivity index (χ4v) is 3.66. The van der Waals surface area contributed by atoms with Crippen LogP contribution in [0.4, 0.5) is 10.1 Å². The van der Waals surface area contributed by atoms with E-state index in [0.29, 0.717) is 5.69 Å². The first kappa shape index (κ1) is 18.4. The van der Waals surface area contributed by atoms with E-state index in [1.807, 2.05) is 0 Å². The minimum absolute atomic E-state index is 0.117. The van der Waals surface area contributed by atoms with Crippen LogP contribution in [0.1, 0.15) is 5.56 Å². The number of aryl methyl sites for hydroxylation is 1. The van der Waals surface area contributed by atoms with Gasteiger partial charge in [0.15, 0.2) is 0 Å². The lowest BCUT2D eigenvalue weighted by Crippen LogP contribution is -2.36. The molecule has 0 radical (unpaired) electrons. The van der Waals surface area contributed by atoms with Gasteiger partial charge in [0.25, 0.3) is 10.0 Å². The van der Waals surface area contributed by atoms with E-state index < -0.39 is 28.4 Å². The molecule has 0 heterocycles. The number of rotatable bonds is 5. The second-order valence-corrected chi connectivity index (χ2v) is 7.69. The normalized spacial score (nSPS) is 11.2. The molecule has 0 amide bonds. The number of carbonyl (C=O) groups excluding carboxylic acids is 1. The number of benzene rings is 2. The highest BCUT2D eigenvalue weighted by atomic mass is 79.9. The van der Waals surface area contributed by atoms with Crippen LogP contribution in [0.15, 0.2) is 51.8 Å². The Balaban J connectivity index is 2.54. The van der Waals surface area contributed by atoms with Crippen molar-refractivity contribution in [3.05, 3.63) is 58.3 Å². The fraction of sp³-hybridized carbons (Fsp3) is 0.188. The lowest BCUT2D eigenvalue weighted by atomic mass is 10.2. The van der Waals surface area contributed by atoms with Gasteiger partial charge < -0.3 is 4.74 Å². The molecule has 0 aliphatic heterocycles. The molecule has 2 rings (SSSR count). The first-order valence-corrected chi connectivity index (χ1v) is 9.10. The van der Waals surface area contributed by atoms with Crippen molar-refractivity contribution in [3.8, 4) is 0 Å². The molecule has 0 bridgehead atoms. The molecule has 0 spiro atoms. The van der Waals surface area contributed by atoms with Crippen LogP contribution in [0.25, 0.3) is 0 Å². The summed E-state index contributed by atoms with van der Waals surface area (Å²) in [6.45, 7) is 1.31. The third-order valence-corrected chi connectivity index (χ3v) is 6.01. The first-order valence-electron chi connectivity index (χ1n) is 6.87. The Labute approximate surface area is 148 Å². The summed E-state index contributed by atoms with van der Waals surface area (Å²) >= 11 is 3.35. The van der Waals surface area contributed by atoms with Gasteiger partial charge in [-0.1, -0.05) is 15.9 Å². The van der Waals surface area contributed by atoms with Gasteiger partial charge in [0, 0.05) is 4.47 Å². The number of nitrogens with zero attached hydrogens (tertiary/aromatic N) is 1. The van der Waals surface area contributed by atoms with Crippen molar-refractivity contribution >= 4 is 37.6 Å². The van der Waals surface area contributed by atoms with E-state index in [2.05, 4.69) is 20.7 Å². The maximum absolute atomic E-state index is 13.1.